The fourth-order valence-electron chi connectivity index (χ4n) is 2.24. The van der Waals surface area contributed by atoms with Crippen LogP contribution in [-0.4, -0.2) is 54.7 Å². The summed E-state index contributed by atoms with van der Waals surface area (Å²) in [5.41, 5.74) is 5.14. The van der Waals surface area contributed by atoms with Crippen molar-refractivity contribution in [2.75, 3.05) is 26.8 Å². The highest BCUT2D eigenvalue weighted by Crippen LogP contribution is 2.31. The van der Waals surface area contributed by atoms with Gasteiger partial charge in [-0.3, -0.25) is 9.59 Å². The number of carbonyl (C=O) groups excluding carboxylic acids is 1. The maximum absolute atomic E-state index is 12.1. The van der Waals surface area contributed by atoms with Crippen LogP contribution in [0.1, 0.15) is 32.6 Å². The minimum absolute atomic E-state index is 0.0801. The smallest absolute Gasteiger partial charge is 0.309 e. The van der Waals surface area contributed by atoms with Crippen molar-refractivity contribution in [3.05, 3.63) is 0 Å². The molecule has 1 rings (SSSR count). The average Bonchev–Trinajstić information content (AvgIpc) is 2.39. The van der Waals surface area contributed by atoms with Gasteiger partial charge in [0, 0.05) is 26.8 Å². The summed E-state index contributed by atoms with van der Waals surface area (Å²) in [5, 5.41) is 9.13. The lowest BCUT2D eigenvalue weighted by molar-refractivity contribution is -0.153. The van der Waals surface area contributed by atoms with Crippen LogP contribution in [0.4, 0.5) is 0 Å². The predicted molar refractivity (Wildman–Crippen MR) is 70.6 cm³/mol. The number of piperidine rings is 1. The van der Waals surface area contributed by atoms with E-state index in [9.17, 15) is 9.59 Å². The Kier molecular flexibility index (Phi) is 5.75. The average molecular weight is 272 g/mol. The Morgan fingerprint density at radius 1 is 1.42 bits per heavy atom. The first-order chi connectivity index (χ1) is 8.90. The first-order valence-corrected chi connectivity index (χ1v) is 6.67. The third-order valence-electron chi connectivity index (χ3n) is 3.88. The molecule has 1 saturated heterocycles. The Bertz CT molecular complexity index is 325. The Labute approximate surface area is 113 Å². The molecule has 3 N–H and O–H groups in total. The van der Waals surface area contributed by atoms with Gasteiger partial charge in [-0.1, -0.05) is 0 Å². The van der Waals surface area contributed by atoms with Crippen molar-refractivity contribution in [3.63, 3.8) is 0 Å². The second-order valence-corrected chi connectivity index (χ2v) is 5.43. The molecule has 0 radical (unpaired) electrons. The standard InChI is InChI=1S/C13H24N2O4/c1-13(12(17)18)5-7-15(8-6-13)11(16)10(14)4-3-9-19-2/h10H,3-9,14H2,1-2H3,(H,17,18). The maximum Gasteiger partial charge on any atom is 0.309 e. The Hall–Kier alpha value is -1.14. The van der Waals surface area contributed by atoms with Gasteiger partial charge in [-0.05, 0) is 32.6 Å². The molecule has 0 aromatic heterocycles. The fourth-order valence-corrected chi connectivity index (χ4v) is 2.24. The van der Waals surface area contributed by atoms with Crippen LogP contribution in [0, 0.1) is 5.41 Å². The second-order valence-electron chi connectivity index (χ2n) is 5.43. The van der Waals surface area contributed by atoms with Gasteiger partial charge in [0.2, 0.25) is 5.91 Å². The lowest BCUT2D eigenvalue weighted by Crippen LogP contribution is -2.50. The van der Waals surface area contributed by atoms with Crippen LogP contribution in [0.2, 0.25) is 0 Å². The van der Waals surface area contributed by atoms with Gasteiger partial charge < -0.3 is 20.5 Å². The third-order valence-corrected chi connectivity index (χ3v) is 3.88. The zero-order valence-corrected chi connectivity index (χ0v) is 11.7. The molecular weight excluding hydrogens is 248 g/mol. The topological polar surface area (TPSA) is 92.9 Å². The number of aliphatic carboxylic acids is 1. The molecule has 0 aliphatic carbocycles. The minimum atomic E-state index is -0.788. The largest absolute Gasteiger partial charge is 0.481 e. The molecule has 1 heterocycles. The first-order valence-electron chi connectivity index (χ1n) is 6.67. The van der Waals surface area contributed by atoms with Gasteiger partial charge in [0.1, 0.15) is 0 Å². The van der Waals surface area contributed by atoms with E-state index < -0.39 is 17.4 Å². The number of carbonyl (C=O) groups is 2. The molecular formula is C13H24N2O4. The normalized spacial score (nSPS) is 20.1. The van der Waals surface area contributed by atoms with Crippen LogP contribution in [-0.2, 0) is 14.3 Å². The van der Waals surface area contributed by atoms with E-state index in [-0.39, 0.29) is 5.91 Å². The van der Waals surface area contributed by atoms with E-state index in [1.54, 1.807) is 18.9 Å². The fraction of sp³-hybridized carbons (Fsp3) is 0.846. The van der Waals surface area contributed by atoms with Gasteiger partial charge in [-0.15, -0.1) is 0 Å². The van der Waals surface area contributed by atoms with Crippen molar-refractivity contribution in [1.29, 1.82) is 0 Å². The van der Waals surface area contributed by atoms with E-state index in [4.69, 9.17) is 15.6 Å². The molecule has 0 aromatic carbocycles. The number of likely N-dealkylation sites (tertiary alicyclic amines) is 1. The number of rotatable bonds is 6. The molecule has 6 heteroatoms. The molecule has 1 atom stereocenters. The molecule has 1 aliphatic heterocycles. The van der Waals surface area contributed by atoms with Crippen molar-refractivity contribution in [2.45, 2.75) is 38.6 Å². The molecule has 1 unspecified atom stereocenters. The molecule has 0 spiro atoms. The molecule has 0 saturated carbocycles. The van der Waals surface area contributed by atoms with Crippen LogP contribution < -0.4 is 5.73 Å². The van der Waals surface area contributed by atoms with E-state index in [2.05, 4.69) is 0 Å². The molecule has 1 amide bonds. The SMILES string of the molecule is COCCCC(N)C(=O)N1CCC(C)(C(=O)O)CC1. The molecule has 6 nitrogen and oxygen atoms in total. The van der Waals surface area contributed by atoms with E-state index in [0.717, 1.165) is 6.42 Å². The molecule has 1 fully saturated rings. The minimum Gasteiger partial charge on any atom is -0.481 e. The van der Waals surface area contributed by atoms with Crippen molar-refractivity contribution in [2.24, 2.45) is 11.1 Å². The number of hydrogen-bond acceptors (Lipinski definition) is 4. The Balaban J connectivity index is 2.42. The third kappa shape index (κ3) is 4.18. The zero-order chi connectivity index (χ0) is 14.5. The number of hydrogen-bond donors (Lipinski definition) is 2. The number of carboxylic acid groups (broad SMARTS) is 1. The summed E-state index contributed by atoms with van der Waals surface area (Å²) in [4.78, 5) is 24.9. The summed E-state index contributed by atoms with van der Waals surface area (Å²) >= 11 is 0. The maximum atomic E-state index is 12.1. The molecule has 0 bridgehead atoms. The Morgan fingerprint density at radius 3 is 2.47 bits per heavy atom. The lowest BCUT2D eigenvalue weighted by atomic mass is 9.80. The van der Waals surface area contributed by atoms with Gasteiger partial charge in [-0.2, -0.15) is 0 Å². The lowest BCUT2D eigenvalue weighted by Gasteiger charge is -2.37. The van der Waals surface area contributed by atoms with Crippen molar-refractivity contribution < 1.29 is 19.4 Å². The van der Waals surface area contributed by atoms with Crippen LogP contribution in [0.3, 0.4) is 0 Å². The molecule has 110 valence electrons. The van der Waals surface area contributed by atoms with Crippen LogP contribution in [0.5, 0.6) is 0 Å². The molecule has 1 aliphatic rings. The van der Waals surface area contributed by atoms with E-state index >= 15 is 0 Å². The van der Waals surface area contributed by atoms with Gasteiger partial charge in [0.25, 0.3) is 0 Å². The monoisotopic (exact) mass is 272 g/mol. The highest BCUT2D eigenvalue weighted by Gasteiger charge is 2.38. The summed E-state index contributed by atoms with van der Waals surface area (Å²) in [5.74, 6) is -0.868. The van der Waals surface area contributed by atoms with Gasteiger partial charge in [0.05, 0.1) is 11.5 Å². The van der Waals surface area contributed by atoms with Crippen molar-refractivity contribution in [3.8, 4) is 0 Å². The van der Waals surface area contributed by atoms with Crippen molar-refractivity contribution >= 4 is 11.9 Å². The summed E-state index contributed by atoms with van der Waals surface area (Å²) in [6.07, 6.45) is 2.32. The number of nitrogens with zero attached hydrogens (tertiary/aromatic N) is 1. The van der Waals surface area contributed by atoms with Crippen molar-refractivity contribution in [1.82, 2.24) is 4.90 Å². The van der Waals surface area contributed by atoms with Crippen LogP contribution in [0.15, 0.2) is 0 Å². The van der Waals surface area contributed by atoms with Gasteiger partial charge in [-0.25, -0.2) is 0 Å². The summed E-state index contributed by atoms with van der Waals surface area (Å²) in [6.45, 7) is 3.27. The van der Waals surface area contributed by atoms with Gasteiger partial charge in [0.15, 0.2) is 0 Å². The number of ether oxygens (including phenoxy) is 1. The quantitative estimate of drug-likeness (QED) is 0.685. The first kappa shape index (κ1) is 15.9. The number of nitrogens with two attached hydrogens (primary N) is 1. The Morgan fingerprint density at radius 2 is 2.00 bits per heavy atom. The summed E-state index contributed by atoms with van der Waals surface area (Å²) in [6, 6.07) is -0.510. The predicted octanol–water partition coefficient (Wildman–Crippen LogP) is 0.454. The number of amides is 1. The van der Waals surface area contributed by atoms with Gasteiger partial charge >= 0.3 is 5.97 Å². The van der Waals surface area contributed by atoms with Crippen LogP contribution >= 0.6 is 0 Å². The van der Waals surface area contributed by atoms with E-state index in [0.29, 0.717) is 39.0 Å². The second kappa shape index (κ2) is 6.86. The zero-order valence-electron chi connectivity index (χ0n) is 11.7. The van der Waals surface area contributed by atoms with Crippen LogP contribution in [0.25, 0.3) is 0 Å². The van der Waals surface area contributed by atoms with E-state index in [1.165, 1.54) is 0 Å². The highest BCUT2D eigenvalue weighted by atomic mass is 16.5. The summed E-state index contributed by atoms with van der Waals surface area (Å²) < 4.78 is 4.93. The van der Waals surface area contributed by atoms with E-state index in [1.807, 2.05) is 0 Å². The highest BCUT2D eigenvalue weighted by molar-refractivity contribution is 5.82. The molecule has 0 aromatic rings. The number of carboxylic acids is 1. The number of methoxy groups -OCH3 is 1. The molecule has 19 heavy (non-hydrogen) atoms. The summed E-state index contributed by atoms with van der Waals surface area (Å²) in [7, 11) is 1.62.